The summed E-state index contributed by atoms with van der Waals surface area (Å²) in [6, 6.07) is 0. The third-order valence-electron chi connectivity index (χ3n) is 3.60. The van der Waals surface area contributed by atoms with Crippen molar-refractivity contribution in [2.45, 2.75) is 79.8 Å². The molecular formula is C19H42N2O2. The van der Waals surface area contributed by atoms with E-state index in [2.05, 4.69) is 25.8 Å². The van der Waals surface area contributed by atoms with Crippen molar-refractivity contribution in [3.8, 4) is 0 Å². The van der Waals surface area contributed by atoms with Crippen LogP contribution in [0.25, 0.3) is 0 Å². The highest BCUT2D eigenvalue weighted by molar-refractivity contribution is 5.76. The SMILES string of the molecule is CC.CC.CCCOC1CCCN(C(=O)CCN(C)CCC)C1. The molecule has 1 aliphatic rings. The molecule has 1 rings (SSSR count). The normalized spacial score (nSPS) is 17.0. The van der Waals surface area contributed by atoms with Gasteiger partial charge in [-0.25, -0.2) is 0 Å². The highest BCUT2D eigenvalue weighted by atomic mass is 16.5. The molecule has 1 unspecified atom stereocenters. The average Bonchev–Trinajstić information content (AvgIpc) is 2.62. The summed E-state index contributed by atoms with van der Waals surface area (Å²) in [6.45, 7) is 16.7. The molecule has 1 saturated heterocycles. The Morgan fingerprint density at radius 2 is 1.78 bits per heavy atom. The lowest BCUT2D eigenvalue weighted by atomic mass is 10.1. The van der Waals surface area contributed by atoms with Crippen LogP contribution in [0.2, 0.25) is 0 Å². The van der Waals surface area contributed by atoms with Gasteiger partial charge in [0.05, 0.1) is 6.10 Å². The van der Waals surface area contributed by atoms with E-state index < -0.39 is 0 Å². The number of piperidine rings is 1. The summed E-state index contributed by atoms with van der Waals surface area (Å²) in [5.74, 6) is 0.285. The smallest absolute Gasteiger partial charge is 0.223 e. The first kappa shape index (κ1) is 24.6. The van der Waals surface area contributed by atoms with Crippen LogP contribution in [0.5, 0.6) is 0 Å². The molecule has 0 aromatic heterocycles. The van der Waals surface area contributed by atoms with Gasteiger partial charge in [-0.3, -0.25) is 4.79 Å². The van der Waals surface area contributed by atoms with Crippen molar-refractivity contribution in [2.75, 3.05) is 39.8 Å². The van der Waals surface area contributed by atoms with Gasteiger partial charge in [0.1, 0.15) is 0 Å². The molecule has 140 valence electrons. The van der Waals surface area contributed by atoms with E-state index in [0.29, 0.717) is 6.42 Å². The van der Waals surface area contributed by atoms with Gasteiger partial charge in [-0.1, -0.05) is 41.5 Å². The molecule has 0 aromatic carbocycles. The van der Waals surface area contributed by atoms with Crippen LogP contribution < -0.4 is 0 Å². The van der Waals surface area contributed by atoms with Crippen LogP contribution in [0.3, 0.4) is 0 Å². The first-order valence-electron chi connectivity index (χ1n) is 9.75. The molecule has 1 heterocycles. The van der Waals surface area contributed by atoms with E-state index in [4.69, 9.17) is 4.74 Å². The van der Waals surface area contributed by atoms with Crippen molar-refractivity contribution in [3.05, 3.63) is 0 Å². The Morgan fingerprint density at radius 3 is 2.35 bits per heavy atom. The number of nitrogens with zero attached hydrogens (tertiary/aromatic N) is 2. The highest BCUT2D eigenvalue weighted by Gasteiger charge is 2.23. The van der Waals surface area contributed by atoms with Gasteiger partial charge in [0, 0.05) is 32.7 Å². The van der Waals surface area contributed by atoms with Crippen molar-refractivity contribution in [1.82, 2.24) is 9.80 Å². The van der Waals surface area contributed by atoms with E-state index >= 15 is 0 Å². The van der Waals surface area contributed by atoms with Crippen LogP contribution in [-0.2, 0) is 9.53 Å². The standard InChI is InChI=1S/C15H30N2O2.2C2H6/c1-4-9-16(3)11-8-15(18)17-10-6-7-14(13-17)19-12-5-2;2*1-2/h14H,4-13H2,1-3H3;2*1-2H3. The monoisotopic (exact) mass is 330 g/mol. The van der Waals surface area contributed by atoms with Crippen LogP contribution >= 0.6 is 0 Å². The van der Waals surface area contributed by atoms with E-state index in [1.54, 1.807) is 0 Å². The lowest BCUT2D eigenvalue weighted by Gasteiger charge is -2.33. The van der Waals surface area contributed by atoms with Gasteiger partial charge in [0.2, 0.25) is 5.91 Å². The Hall–Kier alpha value is -0.610. The first-order valence-corrected chi connectivity index (χ1v) is 9.75. The van der Waals surface area contributed by atoms with Crippen LogP contribution in [-0.4, -0.2) is 61.6 Å². The van der Waals surface area contributed by atoms with Crippen LogP contribution in [0.4, 0.5) is 0 Å². The summed E-state index contributed by atoms with van der Waals surface area (Å²) in [4.78, 5) is 16.4. The van der Waals surface area contributed by atoms with Crippen molar-refractivity contribution >= 4 is 5.91 Å². The van der Waals surface area contributed by atoms with E-state index in [-0.39, 0.29) is 12.0 Å². The third-order valence-corrected chi connectivity index (χ3v) is 3.60. The number of hydrogen-bond donors (Lipinski definition) is 0. The second-order valence-electron chi connectivity index (χ2n) is 5.53. The topological polar surface area (TPSA) is 32.8 Å². The Morgan fingerprint density at radius 1 is 1.13 bits per heavy atom. The molecule has 0 saturated carbocycles. The fourth-order valence-electron chi connectivity index (χ4n) is 2.52. The zero-order valence-corrected chi connectivity index (χ0v) is 16.9. The Bertz CT molecular complexity index is 260. The maximum Gasteiger partial charge on any atom is 0.223 e. The summed E-state index contributed by atoms with van der Waals surface area (Å²) in [5, 5.41) is 0. The van der Waals surface area contributed by atoms with Crippen molar-refractivity contribution < 1.29 is 9.53 Å². The Balaban J connectivity index is 0. The molecule has 0 N–H and O–H groups in total. The van der Waals surface area contributed by atoms with Gasteiger partial charge >= 0.3 is 0 Å². The molecule has 1 fully saturated rings. The lowest BCUT2D eigenvalue weighted by molar-refractivity contribution is -0.135. The van der Waals surface area contributed by atoms with Crippen molar-refractivity contribution in [3.63, 3.8) is 0 Å². The van der Waals surface area contributed by atoms with Crippen LogP contribution in [0.15, 0.2) is 0 Å². The molecule has 1 amide bonds. The summed E-state index contributed by atoms with van der Waals surface area (Å²) in [5.41, 5.74) is 0. The van der Waals surface area contributed by atoms with Gasteiger partial charge < -0.3 is 14.5 Å². The number of carbonyl (C=O) groups excluding carboxylic acids is 1. The van der Waals surface area contributed by atoms with E-state index in [1.807, 2.05) is 32.6 Å². The zero-order chi connectivity index (χ0) is 18.1. The number of carbonyl (C=O) groups is 1. The molecule has 4 heteroatoms. The minimum absolute atomic E-state index is 0.256. The predicted octanol–water partition coefficient (Wildman–Crippen LogP) is 4.19. The largest absolute Gasteiger partial charge is 0.376 e. The Kier molecular flexibility index (Phi) is 19.0. The van der Waals surface area contributed by atoms with Gasteiger partial charge in [-0.05, 0) is 39.3 Å². The molecule has 23 heavy (non-hydrogen) atoms. The van der Waals surface area contributed by atoms with Crippen LogP contribution in [0.1, 0.15) is 73.6 Å². The van der Waals surface area contributed by atoms with Crippen LogP contribution in [0, 0.1) is 0 Å². The molecule has 1 atom stereocenters. The third kappa shape index (κ3) is 12.5. The van der Waals surface area contributed by atoms with Crippen molar-refractivity contribution in [2.24, 2.45) is 0 Å². The van der Waals surface area contributed by atoms with E-state index in [0.717, 1.165) is 58.5 Å². The molecule has 0 aromatic rings. The van der Waals surface area contributed by atoms with Gasteiger partial charge in [0.25, 0.3) is 0 Å². The minimum atomic E-state index is 0.256. The fraction of sp³-hybridized carbons (Fsp3) is 0.947. The van der Waals surface area contributed by atoms with E-state index in [9.17, 15) is 4.79 Å². The molecule has 0 aliphatic carbocycles. The molecule has 0 bridgehead atoms. The molecular weight excluding hydrogens is 288 g/mol. The number of rotatable bonds is 8. The lowest BCUT2D eigenvalue weighted by Crippen LogP contribution is -2.44. The number of likely N-dealkylation sites (tertiary alicyclic amines) is 1. The number of ether oxygens (including phenoxy) is 1. The zero-order valence-electron chi connectivity index (χ0n) is 16.9. The maximum atomic E-state index is 12.2. The molecule has 0 spiro atoms. The van der Waals surface area contributed by atoms with Gasteiger partial charge in [-0.15, -0.1) is 0 Å². The summed E-state index contributed by atoms with van der Waals surface area (Å²) in [6.07, 6.45) is 5.25. The quantitative estimate of drug-likeness (QED) is 0.669. The minimum Gasteiger partial charge on any atom is -0.376 e. The van der Waals surface area contributed by atoms with Crippen molar-refractivity contribution in [1.29, 1.82) is 0 Å². The average molecular weight is 331 g/mol. The molecule has 4 nitrogen and oxygen atoms in total. The number of hydrogen-bond acceptors (Lipinski definition) is 3. The molecule has 0 radical (unpaired) electrons. The second kappa shape index (κ2) is 17.7. The number of amides is 1. The van der Waals surface area contributed by atoms with E-state index in [1.165, 1.54) is 0 Å². The molecule has 1 aliphatic heterocycles. The van der Waals surface area contributed by atoms with Gasteiger partial charge in [0.15, 0.2) is 0 Å². The second-order valence-corrected chi connectivity index (χ2v) is 5.53. The van der Waals surface area contributed by atoms with Gasteiger partial charge in [-0.2, -0.15) is 0 Å². The summed E-state index contributed by atoms with van der Waals surface area (Å²) >= 11 is 0. The fourth-order valence-corrected chi connectivity index (χ4v) is 2.52. The summed E-state index contributed by atoms with van der Waals surface area (Å²) in [7, 11) is 2.08. The predicted molar refractivity (Wildman–Crippen MR) is 101 cm³/mol. The Labute approximate surface area is 145 Å². The first-order chi connectivity index (χ1) is 11.2. The highest BCUT2D eigenvalue weighted by Crippen LogP contribution is 2.14. The summed E-state index contributed by atoms with van der Waals surface area (Å²) < 4.78 is 5.77. The maximum absolute atomic E-state index is 12.2.